The molecule has 4 rings (SSSR count). The van der Waals surface area contributed by atoms with Crippen LogP contribution in [0, 0.1) is 5.82 Å². The average molecular weight is 326 g/mol. The molecule has 0 N–H and O–H groups in total. The topological polar surface area (TPSA) is 56.2 Å². The summed E-state index contributed by atoms with van der Waals surface area (Å²) in [7, 11) is 0. The van der Waals surface area contributed by atoms with Gasteiger partial charge in [-0.25, -0.2) is 9.37 Å². The number of fused-ring (bicyclic) bond motifs is 1. The molecule has 0 saturated heterocycles. The monoisotopic (exact) mass is 326 g/mol. The molecule has 0 unspecified atom stereocenters. The van der Waals surface area contributed by atoms with Gasteiger partial charge in [-0.2, -0.15) is 4.98 Å². The standard InChI is InChI=1S/C16H11FN4OS/c17-12-6-4-11(5-7-12)15-19-14(22-20-15)10-23-16-18-9-13-3-1-2-8-21(13)16/h1-9H,10H2. The van der Waals surface area contributed by atoms with Crippen molar-refractivity contribution in [1.82, 2.24) is 19.5 Å². The maximum absolute atomic E-state index is 12.9. The van der Waals surface area contributed by atoms with Crippen LogP contribution in [0.15, 0.2) is 64.5 Å². The van der Waals surface area contributed by atoms with E-state index in [1.807, 2.05) is 35.0 Å². The molecule has 23 heavy (non-hydrogen) atoms. The molecule has 0 aliphatic heterocycles. The van der Waals surface area contributed by atoms with Gasteiger partial charge < -0.3 is 4.52 Å². The Bertz CT molecular complexity index is 948. The molecule has 7 heteroatoms. The summed E-state index contributed by atoms with van der Waals surface area (Å²) in [6.07, 6.45) is 3.78. The maximum atomic E-state index is 12.9. The van der Waals surface area contributed by atoms with E-state index in [9.17, 15) is 4.39 Å². The SMILES string of the molecule is Fc1ccc(-c2noc(CSc3ncc4ccccn34)n2)cc1. The quantitative estimate of drug-likeness (QED) is 0.534. The summed E-state index contributed by atoms with van der Waals surface area (Å²) in [6.45, 7) is 0. The molecule has 114 valence electrons. The Labute approximate surface area is 135 Å². The Hall–Kier alpha value is -2.67. The van der Waals surface area contributed by atoms with E-state index >= 15 is 0 Å². The molecule has 0 bridgehead atoms. The molecule has 0 fully saturated rings. The molecule has 0 saturated carbocycles. The lowest BCUT2D eigenvalue weighted by Crippen LogP contribution is -1.88. The van der Waals surface area contributed by atoms with Crippen LogP contribution in [-0.4, -0.2) is 19.5 Å². The molecule has 0 amide bonds. The number of imidazole rings is 1. The summed E-state index contributed by atoms with van der Waals surface area (Å²) in [5.41, 5.74) is 1.75. The summed E-state index contributed by atoms with van der Waals surface area (Å²) in [5, 5.41) is 4.79. The summed E-state index contributed by atoms with van der Waals surface area (Å²) in [6, 6.07) is 11.9. The van der Waals surface area contributed by atoms with E-state index in [-0.39, 0.29) is 5.82 Å². The Kier molecular flexibility index (Phi) is 3.55. The van der Waals surface area contributed by atoms with Crippen molar-refractivity contribution in [3.63, 3.8) is 0 Å². The highest BCUT2D eigenvalue weighted by atomic mass is 32.2. The highest BCUT2D eigenvalue weighted by Crippen LogP contribution is 2.23. The van der Waals surface area contributed by atoms with Crippen LogP contribution in [0.1, 0.15) is 5.89 Å². The van der Waals surface area contributed by atoms with Crippen LogP contribution in [0.2, 0.25) is 0 Å². The Morgan fingerprint density at radius 3 is 2.87 bits per heavy atom. The Balaban J connectivity index is 1.51. The predicted molar refractivity (Wildman–Crippen MR) is 84.4 cm³/mol. The van der Waals surface area contributed by atoms with Gasteiger partial charge in [0.25, 0.3) is 0 Å². The van der Waals surface area contributed by atoms with Crippen LogP contribution in [0.25, 0.3) is 16.9 Å². The van der Waals surface area contributed by atoms with Gasteiger partial charge in [-0.15, -0.1) is 0 Å². The van der Waals surface area contributed by atoms with Crippen molar-refractivity contribution < 1.29 is 8.91 Å². The molecule has 3 heterocycles. The van der Waals surface area contributed by atoms with Gasteiger partial charge in [-0.3, -0.25) is 4.40 Å². The van der Waals surface area contributed by atoms with E-state index in [0.29, 0.717) is 17.5 Å². The van der Waals surface area contributed by atoms with Crippen LogP contribution in [-0.2, 0) is 5.75 Å². The third-order valence-electron chi connectivity index (χ3n) is 3.30. The zero-order valence-electron chi connectivity index (χ0n) is 11.9. The molecule has 4 aromatic rings. The highest BCUT2D eigenvalue weighted by Gasteiger charge is 2.11. The van der Waals surface area contributed by atoms with Gasteiger partial charge in [0.15, 0.2) is 5.16 Å². The third kappa shape index (κ3) is 2.83. The molecule has 0 atom stereocenters. The average Bonchev–Trinajstić information content (AvgIpc) is 3.20. The lowest BCUT2D eigenvalue weighted by atomic mass is 10.2. The molecule has 5 nitrogen and oxygen atoms in total. The van der Waals surface area contributed by atoms with Crippen LogP contribution >= 0.6 is 11.8 Å². The molecule has 3 aromatic heterocycles. The minimum Gasteiger partial charge on any atom is -0.338 e. The number of thioether (sulfide) groups is 1. The fraction of sp³-hybridized carbons (Fsp3) is 0.0625. The lowest BCUT2D eigenvalue weighted by molar-refractivity contribution is 0.391. The second-order valence-corrected chi connectivity index (χ2v) is 5.79. The summed E-state index contributed by atoms with van der Waals surface area (Å²) in [4.78, 5) is 8.71. The number of halogens is 1. The molecule has 0 radical (unpaired) electrons. The van der Waals surface area contributed by atoms with E-state index in [1.165, 1.54) is 23.9 Å². The number of hydrogen-bond donors (Lipinski definition) is 0. The number of nitrogens with zero attached hydrogens (tertiary/aromatic N) is 4. The van der Waals surface area contributed by atoms with Gasteiger partial charge in [0.2, 0.25) is 11.7 Å². The lowest BCUT2D eigenvalue weighted by Gasteiger charge is -1.98. The Morgan fingerprint density at radius 2 is 2.00 bits per heavy atom. The van der Waals surface area contributed by atoms with Crippen molar-refractivity contribution in [2.75, 3.05) is 0 Å². The van der Waals surface area contributed by atoms with Gasteiger partial charge in [-0.05, 0) is 36.4 Å². The number of pyridine rings is 1. The van der Waals surface area contributed by atoms with Crippen molar-refractivity contribution in [2.45, 2.75) is 10.9 Å². The summed E-state index contributed by atoms with van der Waals surface area (Å²) < 4.78 is 20.2. The van der Waals surface area contributed by atoms with Crippen LogP contribution in [0.3, 0.4) is 0 Å². The molecular weight excluding hydrogens is 315 g/mol. The first kappa shape index (κ1) is 14.0. The number of rotatable bonds is 4. The minimum absolute atomic E-state index is 0.292. The first-order valence-electron chi connectivity index (χ1n) is 6.93. The third-order valence-corrected chi connectivity index (χ3v) is 4.25. The fourth-order valence-electron chi connectivity index (χ4n) is 2.18. The van der Waals surface area contributed by atoms with Crippen LogP contribution in [0.4, 0.5) is 4.39 Å². The van der Waals surface area contributed by atoms with Gasteiger partial charge in [-0.1, -0.05) is 23.0 Å². The van der Waals surface area contributed by atoms with Crippen molar-refractivity contribution in [3.8, 4) is 11.4 Å². The molecular formula is C16H11FN4OS. The zero-order valence-corrected chi connectivity index (χ0v) is 12.7. The highest BCUT2D eigenvalue weighted by molar-refractivity contribution is 7.98. The molecule has 1 aromatic carbocycles. The second-order valence-electron chi connectivity index (χ2n) is 4.84. The fourth-order valence-corrected chi connectivity index (χ4v) is 2.98. The second kappa shape index (κ2) is 5.85. The smallest absolute Gasteiger partial charge is 0.237 e. The molecule has 0 aliphatic rings. The van der Waals surface area contributed by atoms with Crippen molar-refractivity contribution in [3.05, 3.63) is 66.6 Å². The van der Waals surface area contributed by atoms with E-state index in [0.717, 1.165) is 16.2 Å². The van der Waals surface area contributed by atoms with E-state index in [4.69, 9.17) is 4.52 Å². The van der Waals surface area contributed by atoms with Crippen molar-refractivity contribution >= 4 is 17.3 Å². The van der Waals surface area contributed by atoms with E-state index in [2.05, 4.69) is 15.1 Å². The number of aromatic nitrogens is 4. The zero-order chi connectivity index (χ0) is 15.6. The van der Waals surface area contributed by atoms with E-state index in [1.54, 1.807) is 12.1 Å². The van der Waals surface area contributed by atoms with Crippen LogP contribution in [0.5, 0.6) is 0 Å². The normalized spacial score (nSPS) is 11.2. The van der Waals surface area contributed by atoms with Gasteiger partial charge >= 0.3 is 0 Å². The summed E-state index contributed by atoms with van der Waals surface area (Å²) in [5.74, 6) is 1.18. The van der Waals surface area contributed by atoms with Gasteiger partial charge in [0, 0.05) is 11.8 Å². The minimum atomic E-state index is -0.292. The van der Waals surface area contributed by atoms with Crippen molar-refractivity contribution in [2.24, 2.45) is 0 Å². The van der Waals surface area contributed by atoms with Crippen molar-refractivity contribution in [1.29, 1.82) is 0 Å². The predicted octanol–water partition coefficient (Wildman–Crippen LogP) is 3.82. The van der Waals surface area contributed by atoms with E-state index < -0.39 is 0 Å². The maximum Gasteiger partial charge on any atom is 0.237 e. The van der Waals surface area contributed by atoms with Gasteiger partial charge in [0.05, 0.1) is 17.5 Å². The number of hydrogen-bond acceptors (Lipinski definition) is 5. The number of benzene rings is 1. The first-order valence-corrected chi connectivity index (χ1v) is 7.91. The summed E-state index contributed by atoms with van der Waals surface area (Å²) >= 11 is 1.52. The van der Waals surface area contributed by atoms with Gasteiger partial charge in [0.1, 0.15) is 5.82 Å². The van der Waals surface area contributed by atoms with Crippen LogP contribution < -0.4 is 0 Å². The largest absolute Gasteiger partial charge is 0.338 e. The molecule has 0 aliphatic carbocycles. The molecule has 0 spiro atoms. The Morgan fingerprint density at radius 1 is 1.13 bits per heavy atom. The first-order chi connectivity index (χ1) is 11.3.